The van der Waals surface area contributed by atoms with Crippen LogP contribution in [0.2, 0.25) is 0 Å². The van der Waals surface area contributed by atoms with E-state index >= 15 is 0 Å². The molecule has 0 saturated heterocycles. The van der Waals surface area contributed by atoms with Crippen molar-refractivity contribution in [2.75, 3.05) is 5.32 Å². The average Bonchev–Trinajstić information content (AvgIpc) is 2.71. The molecular weight excluding hydrogens is 402 g/mol. The average molecular weight is 419 g/mol. The molecule has 0 aliphatic carbocycles. The highest BCUT2D eigenvalue weighted by Crippen LogP contribution is 2.27. The fourth-order valence-corrected chi connectivity index (χ4v) is 4.04. The lowest BCUT2D eigenvalue weighted by molar-refractivity contribution is 0.102. The van der Waals surface area contributed by atoms with Gasteiger partial charge in [-0.3, -0.25) is 4.79 Å². The summed E-state index contributed by atoms with van der Waals surface area (Å²) < 4.78 is 27.3. The smallest absolute Gasteiger partial charge is 0.285 e. The molecule has 0 saturated carbocycles. The number of hydrogen-bond acceptors (Lipinski definition) is 4. The Morgan fingerprint density at radius 3 is 1.90 bits per heavy atom. The van der Waals surface area contributed by atoms with Crippen molar-refractivity contribution in [1.82, 2.24) is 4.98 Å². The normalized spacial score (nSPS) is 11.3. The van der Waals surface area contributed by atoms with E-state index in [2.05, 4.69) is 14.7 Å². The number of fused-ring (bicyclic) bond motifs is 2. The molecule has 1 heterocycles. The van der Waals surface area contributed by atoms with E-state index in [1.807, 2.05) is 48.5 Å². The van der Waals surface area contributed by atoms with Gasteiger partial charge in [0.15, 0.2) is 0 Å². The summed E-state index contributed by atoms with van der Waals surface area (Å²) in [5.74, 6) is -0.881. The minimum Gasteiger partial charge on any atom is -0.369 e. The van der Waals surface area contributed by atoms with Crippen LogP contribution < -0.4 is 16.8 Å². The number of carbonyl (C=O) groups is 1. The van der Waals surface area contributed by atoms with Crippen LogP contribution >= 0.6 is 0 Å². The lowest BCUT2D eigenvalue weighted by atomic mass is 10.0. The second-order valence-electron chi connectivity index (χ2n) is 6.49. The molecule has 30 heavy (non-hydrogen) atoms. The van der Waals surface area contributed by atoms with Gasteiger partial charge in [0.25, 0.3) is 15.9 Å². The molecular formula is C21H17N5O3S. The van der Waals surface area contributed by atoms with Crippen LogP contribution in [0.5, 0.6) is 0 Å². The third kappa shape index (κ3) is 3.65. The number of para-hydroxylation sites is 2. The lowest BCUT2D eigenvalue weighted by Crippen LogP contribution is -2.24. The number of rotatable bonds is 4. The maximum absolute atomic E-state index is 13.2. The van der Waals surface area contributed by atoms with Gasteiger partial charge in [0.2, 0.25) is 5.96 Å². The van der Waals surface area contributed by atoms with E-state index in [1.165, 1.54) is 24.3 Å². The van der Waals surface area contributed by atoms with E-state index in [0.717, 1.165) is 10.8 Å². The van der Waals surface area contributed by atoms with Crippen LogP contribution in [-0.4, -0.2) is 25.3 Å². The zero-order valence-corrected chi connectivity index (χ0v) is 16.4. The van der Waals surface area contributed by atoms with Crippen LogP contribution in [0.3, 0.4) is 0 Å². The van der Waals surface area contributed by atoms with Gasteiger partial charge in [-0.1, -0.05) is 36.4 Å². The van der Waals surface area contributed by atoms with E-state index in [0.29, 0.717) is 22.3 Å². The molecule has 3 aromatic carbocycles. The fraction of sp³-hybridized carbons (Fsp3) is 0. The first-order valence-electron chi connectivity index (χ1n) is 8.90. The van der Waals surface area contributed by atoms with Crippen LogP contribution in [0.4, 0.5) is 5.69 Å². The number of aromatic nitrogens is 1. The second-order valence-corrected chi connectivity index (χ2v) is 8.09. The monoisotopic (exact) mass is 419 g/mol. The number of guanidine groups is 1. The molecule has 4 aromatic rings. The molecule has 4 rings (SSSR count). The first-order chi connectivity index (χ1) is 14.3. The number of benzene rings is 3. The molecule has 1 amide bonds. The molecule has 0 fully saturated rings. The van der Waals surface area contributed by atoms with Gasteiger partial charge < -0.3 is 16.8 Å². The van der Waals surface area contributed by atoms with Gasteiger partial charge in [0, 0.05) is 16.5 Å². The van der Waals surface area contributed by atoms with Crippen LogP contribution in [0.1, 0.15) is 10.4 Å². The van der Waals surface area contributed by atoms with Gasteiger partial charge in [-0.05, 0) is 36.4 Å². The van der Waals surface area contributed by atoms with Gasteiger partial charge in [0.05, 0.1) is 21.5 Å². The number of pyridine rings is 1. The van der Waals surface area contributed by atoms with Crippen molar-refractivity contribution in [3.05, 3.63) is 78.4 Å². The maximum atomic E-state index is 13.2. The third-order valence-electron chi connectivity index (χ3n) is 4.45. The Morgan fingerprint density at radius 1 is 0.833 bits per heavy atom. The number of sulfonamides is 1. The van der Waals surface area contributed by atoms with Crippen molar-refractivity contribution in [3.63, 3.8) is 0 Å². The summed E-state index contributed by atoms with van der Waals surface area (Å²) in [6.07, 6.45) is 0. The predicted molar refractivity (Wildman–Crippen MR) is 117 cm³/mol. The van der Waals surface area contributed by atoms with Gasteiger partial charge in [-0.25, -0.2) is 4.98 Å². The Balaban J connectivity index is 1.72. The summed E-state index contributed by atoms with van der Waals surface area (Å²) in [4.78, 5) is 17.7. The predicted octanol–water partition coefficient (Wildman–Crippen LogP) is 2.60. The Bertz CT molecular complexity index is 1360. The summed E-state index contributed by atoms with van der Waals surface area (Å²) in [6.45, 7) is 0. The topological polar surface area (TPSA) is 141 Å². The zero-order chi connectivity index (χ0) is 21.3. The van der Waals surface area contributed by atoms with Crippen molar-refractivity contribution >= 4 is 49.4 Å². The number of amides is 1. The van der Waals surface area contributed by atoms with Gasteiger partial charge in [0.1, 0.15) is 0 Å². The van der Waals surface area contributed by atoms with E-state index in [4.69, 9.17) is 11.5 Å². The Kier molecular flexibility index (Phi) is 4.80. The molecule has 9 heteroatoms. The fourth-order valence-electron chi connectivity index (χ4n) is 3.18. The highest BCUT2D eigenvalue weighted by atomic mass is 32.2. The summed E-state index contributed by atoms with van der Waals surface area (Å²) in [5, 5.41) is 4.26. The largest absolute Gasteiger partial charge is 0.369 e. The molecule has 0 aliphatic rings. The Labute approximate surface area is 172 Å². The SMILES string of the molecule is NC(N)=NS(=O)(=O)c1ccc(NC(=O)c2c3ccccc3nc3ccccc23)cc1. The number of nitrogens with two attached hydrogens (primary N) is 2. The quantitative estimate of drug-likeness (QED) is 0.264. The van der Waals surface area contributed by atoms with Crippen LogP contribution in [-0.2, 0) is 10.0 Å². The van der Waals surface area contributed by atoms with E-state index in [-0.39, 0.29) is 10.8 Å². The van der Waals surface area contributed by atoms with E-state index in [9.17, 15) is 13.2 Å². The zero-order valence-electron chi connectivity index (χ0n) is 15.6. The molecule has 1 aromatic heterocycles. The standard InChI is InChI=1S/C21H17N5O3S/c22-21(23)26-30(28,29)14-11-9-13(10-12-14)24-20(27)19-15-5-1-3-7-17(15)25-18-8-4-2-6-16(18)19/h1-12H,(H,24,27)(H4,22,23,26). The van der Waals surface area contributed by atoms with Gasteiger partial charge >= 0.3 is 0 Å². The highest BCUT2D eigenvalue weighted by molar-refractivity contribution is 7.90. The molecule has 8 nitrogen and oxygen atoms in total. The van der Waals surface area contributed by atoms with Crippen molar-refractivity contribution in [2.24, 2.45) is 15.9 Å². The van der Waals surface area contributed by atoms with Crippen molar-refractivity contribution in [2.45, 2.75) is 4.90 Å². The molecule has 0 aliphatic heterocycles. The Morgan fingerprint density at radius 2 is 1.37 bits per heavy atom. The highest BCUT2D eigenvalue weighted by Gasteiger charge is 2.17. The molecule has 0 spiro atoms. The first-order valence-corrected chi connectivity index (χ1v) is 10.3. The van der Waals surface area contributed by atoms with Crippen LogP contribution in [0.15, 0.2) is 82.1 Å². The summed E-state index contributed by atoms with van der Waals surface area (Å²) in [6, 6.07) is 20.4. The first kappa shape index (κ1) is 19.3. The minimum absolute atomic E-state index is 0.0892. The van der Waals surface area contributed by atoms with Crippen LogP contribution in [0.25, 0.3) is 21.8 Å². The van der Waals surface area contributed by atoms with E-state index in [1.54, 1.807) is 0 Å². The number of anilines is 1. The second kappa shape index (κ2) is 7.45. The third-order valence-corrected chi connectivity index (χ3v) is 5.77. The van der Waals surface area contributed by atoms with Crippen molar-refractivity contribution < 1.29 is 13.2 Å². The molecule has 0 radical (unpaired) electrons. The van der Waals surface area contributed by atoms with Crippen molar-refractivity contribution in [1.29, 1.82) is 0 Å². The molecule has 0 atom stereocenters. The summed E-state index contributed by atoms with van der Waals surface area (Å²) in [5.41, 5.74) is 12.6. The number of nitrogens with zero attached hydrogens (tertiary/aromatic N) is 2. The molecule has 0 bridgehead atoms. The molecule has 5 N–H and O–H groups in total. The maximum Gasteiger partial charge on any atom is 0.285 e. The molecule has 0 unspecified atom stereocenters. The van der Waals surface area contributed by atoms with E-state index < -0.39 is 16.0 Å². The lowest BCUT2D eigenvalue weighted by Gasteiger charge is -2.11. The number of hydrogen-bond donors (Lipinski definition) is 3. The number of carbonyl (C=O) groups excluding carboxylic acids is 1. The summed E-state index contributed by atoms with van der Waals surface area (Å²) in [7, 11) is -4.00. The Hall–Kier alpha value is -3.98. The number of nitrogens with one attached hydrogen (secondary N) is 1. The van der Waals surface area contributed by atoms with Gasteiger partial charge in [-0.15, -0.1) is 4.40 Å². The van der Waals surface area contributed by atoms with Gasteiger partial charge in [-0.2, -0.15) is 8.42 Å². The molecule has 150 valence electrons. The summed E-state index contributed by atoms with van der Waals surface area (Å²) >= 11 is 0. The van der Waals surface area contributed by atoms with Crippen LogP contribution in [0, 0.1) is 0 Å². The van der Waals surface area contributed by atoms with Crippen molar-refractivity contribution in [3.8, 4) is 0 Å². The minimum atomic E-state index is -4.00.